The van der Waals surface area contributed by atoms with E-state index in [-0.39, 0.29) is 10.9 Å². The molecule has 0 aliphatic rings. The lowest BCUT2D eigenvalue weighted by atomic mass is 10.1. The highest BCUT2D eigenvalue weighted by Gasteiger charge is 2.20. The molecule has 24 heavy (non-hydrogen) atoms. The van der Waals surface area contributed by atoms with E-state index in [1.807, 2.05) is 49.3 Å². The Bertz CT molecular complexity index is 685. The van der Waals surface area contributed by atoms with Gasteiger partial charge in [-0.15, -0.1) is 0 Å². The van der Waals surface area contributed by atoms with Crippen LogP contribution in [0.5, 0.6) is 0 Å². The van der Waals surface area contributed by atoms with Crippen molar-refractivity contribution in [3.05, 3.63) is 63.0 Å². The van der Waals surface area contributed by atoms with Gasteiger partial charge in [-0.2, -0.15) is 0 Å². The molecular weight excluding hydrogens is 326 g/mol. The van der Waals surface area contributed by atoms with Crippen molar-refractivity contribution in [1.82, 2.24) is 9.80 Å². The Labute approximate surface area is 145 Å². The molecule has 0 radical (unpaired) electrons. The van der Waals surface area contributed by atoms with Gasteiger partial charge in [-0.1, -0.05) is 41.7 Å². The number of likely N-dealkylation sites (N-methyl/N-ethyl adjacent to an activating group) is 1. The van der Waals surface area contributed by atoms with E-state index in [2.05, 4.69) is 0 Å². The number of nitrogens with zero attached hydrogens (tertiary/aromatic N) is 3. The minimum Gasteiger partial charge on any atom is -0.336 e. The predicted octanol–water partition coefficient (Wildman–Crippen LogP) is 2.90. The Morgan fingerprint density at radius 1 is 1.08 bits per heavy atom. The third-order valence-electron chi connectivity index (χ3n) is 3.60. The first-order valence-corrected chi connectivity index (χ1v) is 8.51. The standard InChI is InChI=1S/C17H21N3O3S/c1-18(2)12-13-19(11-10-14-6-4-3-5-7-14)17(21)15-8-9-16(24-15)20(22)23/h3-9H,10-13H2,1-2H3. The highest BCUT2D eigenvalue weighted by molar-refractivity contribution is 7.17. The Morgan fingerprint density at radius 2 is 1.79 bits per heavy atom. The molecule has 2 rings (SSSR count). The van der Waals surface area contributed by atoms with Crippen LogP contribution in [0.15, 0.2) is 42.5 Å². The first-order valence-electron chi connectivity index (χ1n) is 7.69. The Balaban J connectivity index is 2.08. The zero-order valence-electron chi connectivity index (χ0n) is 13.8. The minimum atomic E-state index is -0.463. The van der Waals surface area contributed by atoms with E-state index in [1.165, 1.54) is 12.1 Å². The van der Waals surface area contributed by atoms with Crippen molar-refractivity contribution in [1.29, 1.82) is 0 Å². The van der Waals surface area contributed by atoms with Crippen molar-refractivity contribution < 1.29 is 9.72 Å². The molecule has 0 atom stereocenters. The number of nitro groups is 1. The fraction of sp³-hybridized carbons (Fsp3) is 0.353. The van der Waals surface area contributed by atoms with Crippen LogP contribution < -0.4 is 0 Å². The Hall–Kier alpha value is -2.25. The van der Waals surface area contributed by atoms with Crippen LogP contribution in [0.2, 0.25) is 0 Å². The number of carbonyl (C=O) groups is 1. The smallest absolute Gasteiger partial charge is 0.324 e. The van der Waals surface area contributed by atoms with Crippen molar-refractivity contribution in [2.75, 3.05) is 33.7 Å². The number of benzene rings is 1. The molecule has 0 unspecified atom stereocenters. The van der Waals surface area contributed by atoms with Crippen LogP contribution in [0.3, 0.4) is 0 Å². The molecule has 0 aliphatic heterocycles. The zero-order chi connectivity index (χ0) is 17.5. The van der Waals surface area contributed by atoms with Gasteiger partial charge in [0, 0.05) is 25.7 Å². The first kappa shape index (κ1) is 18.1. The summed E-state index contributed by atoms with van der Waals surface area (Å²) in [7, 11) is 3.91. The second-order valence-electron chi connectivity index (χ2n) is 5.73. The Kier molecular flexibility index (Phi) is 6.45. The molecular formula is C17H21N3O3S. The Morgan fingerprint density at radius 3 is 2.38 bits per heavy atom. The predicted molar refractivity (Wildman–Crippen MR) is 95.6 cm³/mol. The summed E-state index contributed by atoms with van der Waals surface area (Å²) in [4.78, 5) is 27.3. The molecule has 0 N–H and O–H groups in total. The second kappa shape index (κ2) is 8.56. The van der Waals surface area contributed by atoms with Crippen molar-refractivity contribution in [3.8, 4) is 0 Å². The molecule has 1 heterocycles. The number of rotatable bonds is 8. The van der Waals surface area contributed by atoms with Crippen LogP contribution in [0, 0.1) is 10.1 Å². The van der Waals surface area contributed by atoms with Crippen LogP contribution in [0.1, 0.15) is 15.2 Å². The maximum Gasteiger partial charge on any atom is 0.324 e. The normalized spacial score (nSPS) is 10.8. The molecule has 2 aromatic rings. The summed E-state index contributed by atoms with van der Waals surface area (Å²) in [6.45, 7) is 1.92. The van der Waals surface area contributed by atoms with Crippen molar-refractivity contribution in [2.45, 2.75) is 6.42 Å². The topological polar surface area (TPSA) is 66.7 Å². The van der Waals surface area contributed by atoms with Crippen molar-refractivity contribution in [3.63, 3.8) is 0 Å². The van der Waals surface area contributed by atoms with E-state index >= 15 is 0 Å². The molecule has 0 spiro atoms. The van der Waals surface area contributed by atoms with Gasteiger partial charge in [0.05, 0.1) is 9.80 Å². The van der Waals surface area contributed by atoms with E-state index < -0.39 is 4.92 Å². The molecule has 1 aromatic carbocycles. The molecule has 0 bridgehead atoms. The molecule has 128 valence electrons. The van der Waals surface area contributed by atoms with Crippen LogP contribution in [-0.4, -0.2) is 54.4 Å². The molecule has 1 amide bonds. The molecule has 0 aliphatic carbocycles. The van der Waals surface area contributed by atoms with Gasteiger partial charge in [0.2, 0.25) is 0 Å². The summed E-state index contributed by atoms with van der Waals surface area (Å²) in [5.74, 6) is -0.147. The van der Waals surface area contributed by atoms with E-state index in [0.717, 1.165) is 29.9 Å². The van der Waals surface area contributed by atoms with E-state index in [1.54, 1.807) is 4.90 Å². The van der Waals surface area contributed by atoms with Gasteiger partial charge in [0.25, 0.3) is 5.91 Å². The number of hydrogen-bond donors (Lipinski definition) is 0. The molecule has 0 saturated carbocycles. The third kappa shape index (κ3) is 5.14. The van der Waals surface area contributed by atoms with Gasteiger partial charge in [-0.25, -0.2) is 0 Å². The van der Waals surface area contributed by atoms with Crippen LogP contribution in [-0.2, 0) is 6.42 Å². The highest BCUT2D eigenvalue weighted by atomic mass is 32.1. The number of thiophene rings is 1. The molecule has 6 nitrogen and oxygen atoms in total. The summed E-state index contributed by atoms with van der Waals surface area (Å²) >= 11 is 0.929. The van der Waals surface area contributed by atoms with E-state index in [4.69, 9.17) is 0 Å². The van der Waals surface area contributed by atoms with Crippen molar-refractivity contribution >= 4 is 22.2 Å². The quantitative estimate of drug-likeness (QED) is 0.544. The minimum absolute atomic E-state index is 0.00558. The van der Waals surface area contributed by atoms with Gasteiger partial charge in [0.1, 0.15) is 0 Å². The number of amides is 1. The van der Waals surface area contributed by atoms with Crippen LogP contribution in [0.25, 0.3) is 0 Å². The van der Waals surface area contributed by atoms with Crippen LogP contribution in [0.4, 0.5) is 5.00 Å². The lowest BCUT2D eigenvalue weighted by Crippen LogP contribution is -2.37. The van der Waals surface area contributed by atoms with E-state index in [0.29, 0.717) is 18.0 Å². The number of hydrogen-bond acceptors (Lipinski definition) is 5. The zero-order valence-corrected chi connectivity index (χ0v) is 14.7. The van der Waals surface area contributed by atoms with Crippen LogP contribution >= 0.6 is 11.3 Å². The van der Waals surface area contributed by atoms with Gasteiger partial charge < -0.3 is 9.80 Å². The monoisotopic (exact) mass is 347 g/mol. The number of carbonyl (C=O) groups excluding carboxylic acids is 1. The summed E-state index contributed by atoms with van der Waals surface area (Å²) in [5.41, 5.74) is 1.16. The van der Waals surface area contributed by atoms with Gasteiger partial charge >= 0.3 is 5.00 Å². The van der Waals surface area contributed by atoms with Gasteiger partial charge in [-0.3, -0.25) is 14.9 Å². The maximum absolute atomic E-state index is 12.7. The highest BCUT2D eigenvalue weighted by Crippen LogP contribution is 2.25. The van der Waals surface area contributed by atoms with Gasteiger partial charge in [-0.05, 0) is 32.1 Å². The molecule has 7 heteroatoms. The first-order chi connectivity index (χ1) is 11.5. The largest absolute Gasteiger partial charge is 0.336 e. The summed E-state index contributed by atoms with van der Waals surface area (Å²) in [6, 6.07) is 12.9. The second-order valence-corrected chi connectivity index (χ2v) is 6.79. The summed E-state index contributed by atoms with van der Waals surface area (Å²) < 4.78 is 0. The lowest BCUT2D eigenvalue weighted by molar-refractivity contribution is -0.380. The fourth-order valence-electron chi connectivity index (χ4n) is 2.24. The summed E-state index contributed by atoms with van der Waals surface area (Å²) in [6.07, 6.45) is 0.757. The average Bonchev–Trinajstić information content (AvgIpc) is 3.05. The SMILES string of the molecule is CN(C)CCN(CCc1ccccc1)C(=O)c1ccc([N+](=O)[O-])s1. The molecule has 0 saturated heterocycles. The van der Waals surface area contributed by atoms with Gasteiger partial charge in [0.15, 0.2) is 0 Å². The lowest BCUT2D eigenvalue weighted by Gasteiger charge is -2.24. The average molecular weight is 347 g/mol. The van der Waals surface area contributed by atoms with E-state index in [9.17, 15) is 14.9 Å². The third-order valence-corrected chi connectivity index (χ3v) is 4.63. The van der Waals surface area contributed by atoms with Crippen molar-refractivity contribution in [2.24, 2.45) is 0 Å². The fourth-order valence-corrected chi connectivity index (χ4v) is 3.03. The summed E-state index contributed by atoms with van der Waals surface area (Å²) in [5, 5.41) is 10.8. The maximum atomic E-state index is 12.7. The molecule has 1 aromatic heterocycles. The molecule has 0 fully saturated rings.